The lowest BCUT2D eigenvalue weighted by Crippen LogP contribution is -2.47. The predicted molar refractivity (Wildman–Crippen MR) is 122 cm³/mol. The van der Waals surface area contributed by atoms with E-state index in [2.05, 4.69) is 4.98 Å². The Morgan fingerprint density at radius 3 is 2.97 bits per heavy atom. The SMILES string of the molecule is COc1ccc2nc(N(CCCn3ccnc3)C(=O)C3COc4ccccc4O3)sc2c1. The molecule has 1 amide bonds. The minimum Gasteiger partial charge on any atom is -0.497 e. The second-order valence-corrected chi connectivity index (χ2v) is 8.35. The first kappa shape index (κ1) is 20.3. The maximum atomic E-state index is 13.5. The van der Waals surface area contributed by atoms with Gasteiger partial charge in [-0.25, -0.2) is 9.97 Å². The molecule has 3 heterocycles. The lowest BCUT2D eigenvalue weighted by atomic mass is 10.2. The van der Waals surface area contributed by atoms with E-state index in [1.54, 1.807) is 24.5 Å². The van der Waals surface area contributed by atoms with Gasteiger partial charge in [0.15, 0.2) is 16.6 Å². The van der Waals surface area contributed by atoms with Gasteiger partial charge in [0.25, 0.3) is 5.91 Å². The summed E-state index contributed by atoms with van der Waals surface area (Å²) in [6.07, 6.45) is 5.43. The number of amides is 1. The van der Waals surface area contributed by atoms with Crippen LogP contribution >= 0.6 is 11.3 Å². The van der Waals surface area contributed by atoms with Crippen molar-refractivity contribution in [2.75, 3.05) is 25.2 Å². The van der Waals surface area contributed by atoms with Crippen molar-refractivity contribution >= 4 is 32.6 Å². The number of anilines is 1. The molecule has 2 aromatic carbocycles. The van der Waals surface area contributed by atoms with Gasteiger partial charge in [0.05, 0.1) is 23.7 Å². The highest BCUT2D eigenvalue weighted by Crippen LogP contribution is 2.34. The van der Waals surface area contributed by atoms with Gasteiger partial charge >= 0.3 is 0 Å². The van der Waals surface area contributed by atoms with Crippen molar-refractivity contribution in [3.05, 3.63) is 61.2 Å². The molecule has 1 aliphatic rings. The number of rotatable bonds is 7. The Balaban J connectivity index is 1.40. The molecule has 0 N–H and O–H groups in total. The molecule has 32 heavy (non-hydrogen) atoms. The lowest BCUT2D eigenvalue weighted by Gasteiger charge is -2.29. The van der Waals surface area contributed by atoms with Crippen LogP contribution in [-0.4, -0.2) is 46.8 Å². The largest absolute Gasteiger partial charge is 0.497 e. The van der Waals surface area contributed by atoms with Gasteiger partial charge in [0.1, 0.15) is 12.4 Å². The van der Waals surface area contributed by atoms with Crippen LogP contribution in [0.5, 0.6) is 17.2 Å². The maximum absolute atomic E-state index is 13.5. The van der Waals surface area contributed by atoms with E-state index in [-0.39, 0.29) is 12.5 Å². The third kappa shape index (κ3) is 4.11. The molecule has 0 bridgehead atoms. The molecule has 164 valence electrons. The van der Waals surface area contributed by atoms with Gasteiger partial charge in [-0.05, 0) is 36.8 Å². The van der Waals surface area contributed by atoms with Gasteiger partial charge in [0.2, 0.25) is 6.10 Å². The molecule has 2 aromatic heterocycles. The predicted octanol–water partition coefficient (Wildman–Crippen LogP) is 3.76. The van der Waals surface area contributed by atoms with Crippen LogP contribution in [0.1, 0.15) is 6.42 Å². The van der Waals surface area contributed by atoms with Crippen molar-refractivity contribution in [1.29, 1.82) is 0 Å². The molecular weight excluding hydrogens is 428 g/mol. The van der Waals surface area contributed by atoms with E-state index in [0.717, 1.165) is 28.9 Å². The van der Waals surface area contributed by atoms with Crippen LogP contribution in [0.2, 0.25) is 0 Å². The van der Waals surface area contributed by atoms with Crippen molar-refractivity contribution in [3.63, 3.8) is 0 Å². The second-order valence-electron chi connectivity index (χ2n) is 7.34. The monoisotopic (exact) mass is 450 g/mol. The van der Waals surface area contributed by atoms with E-state index >= 15 is 0 Å². The molecule has 9 heteroatoms. The van der Waals surface area contributed by atoms with Crippen LogP contribution in [-0.2, 0) is 11.3 Å². The molecule has 0 saturated heterocycles. The molecule has 0 radical (unpaired) electrons. The molecule has 0 spiro atoms. The molecule has 8 nitrogen and oxygen atoms in total. The summed E-state index contributed by atoms with van der Waals surface area (Å²) >= 11 is 1.46. The lowest BCUT2D eigenvalue weighted by molar-refractivity contribution is -0.127. The van der Waals surface area contributed by atoms with Gasteiger partial charge in [-0.1, -0.05) is 23.5 Å². The summed E-state index contributed by atoms with van der Waals surface area (Å²) in [7, 11) is 1.63. The summed E-state index contributed by atoms with van der Waals surface area (Å²) in [6, 6.07) is 13.1. The Bertz CT molecular complexity index is 1220. The summed E-state index contributed by atoms with van der Waals surface area (Å²) in [5.41, 5.74) is 0.823. The number of aromatic nitrogens is 3. The van der Waals surface area contributed by atoms with Crippen LogP contribution in [0, 0.1) is 0 Å². The summed E-state index contributed by atoms with van der Waals surface area (Å²) in [6.45, 7) is 1.40. The Hall–Kier alpha value is -3.59. The first-order valence-electron chi connectivity index (χ1n) is 10.3. The zero-order valence-electron chi connectivity index (χ0n) is 17.5. The average Bonchev–Trinajstić information content (AvgIpc) is 3.50. The molecule has 5 rings (SSSR count). The fourth-order valence-electron chi connectivity index (χ4n) is 3.58. The number of nitrogens with zero attached hydrogens (tertiary/aromatic N) is 4. The van der Waals surface area contributed by atoms with Crippen LogP contribution in [0.4, 0.5) is 5.13 Å². The number of hydrogen-bond acceptors (Lipinski definition) is 7. The van der Waals surface area contributed by atoms with E-state index < -0.39 is 6.10 Å². The quantitative estimate of drug-likeness (QED) is 0.427. The first-order chi connectivity index (χ1) is 15.7. The highest BCUT2D eigenvalue weighted by atomic mass is 32.1. The summed E-state index contributed by atoms with van der Waals surface area (Å²) in [5.74, 6) is 1.81. The number of para-hydroxylation sites is 2. The van der Waals surface area contributed by atoms with E-state index in [4.69, 9.17) is 19.2 Å². The Morgan fingerprint density at radius 1 is 1.28 bits per heavy atom. The van der Waals surface area contributed by atoms with Gasteiger partial charge in [-0.15, -0.1) is 0 Å². The number of imidazole rings is 1. The maximum Gasteiger partial charge on any atom is 0.273 e. The molecule has 1 atom stereocenters. The van der Waals surface area contributed by atoms with E-state index in [9.17, 15) is 4.79 Å². The molecule has 4 aromatic rings. The zero-order valence-corrected chi connectivity index (χ0v) is 18.3. The molecule has 1 aliphatic heterocycles. The average molecular weight is 451 g/mol. The fourth-order valence-corrected chi connectivity index (χ4v) is 4.61. The highest BCUT2D eigenvalue weighted by Gasteiger charge is 2.33. The molecular formula is C23H22N4O4S. The number of benzene rings is 2. The molecule has 0 saturated carbocycles. The van der Waals surface area contributed by atoms with Crippen LogP contribution in [0.25, 0.3) is 10.2 Å². The second kappa shape index (κ2) is 8.88. The number of ether oxygens (including phenoxy) is 3. The fraction of sp³-hybridized carbons (Fsp3) is 0.261. The summed E-state index contributed by atoms with van der Waals surface area (Å²) < 4.78 is 20.0. The minimum atomic E-state index is -0.736. The number of fused-ring (bicyclic) bond motifs is 2. The number of carbonyl (C=O) groups is 1. The third-order valence-electron chi connectivity index (χ3n) is 5.22. The van der Waals surface area contributed by atoms with Crippen molar-refractivity contribution in [2.45, 2.75) is 19.1 Å². The number of hydrogen-bond donors (Lipinski definition) is 0. The summed E-state index contributed by atoms with van der Waals surface area (Å²) in [4.78, 5) is 24.0. The number of methoxy groups -OCH3 is 1. The van der Waals surface area contributed by atoms with Crippen molar-refractivity contribution in [1.82, 2.24) is 14.5 Å². The van der Waals surface area contributed by atoms with Crippen molar-refractivity contribution < 1.29 is 19.0 Å². The smallest absolute Gasteiger partial charge is 0.273 e. The number of aryl methyl sites for hydroxylation is 1. The topological polar surface area (TPSA) is 78.7 Å². The Kier molecular flexibility index (Phi) is 5.64. The van der Waals surface area contributed by atoms with Crippen LogP contribution < -0.4 is 19.1 Å². The summed E-state index contributed by atoms with van der Waals surface area (Å²) in [5, 5.41) is 0.631. The normalized spacial score (nSPS) is 15.0. The minimum absolute atomic E-state index is 0.159. The van der Waals surface area contributed by atoms with E-state index in [0.29, 0.717) is 23.2 Å². The molecule has 0 aliphatic carbocycles. The van der Waals surface area contributed by atoms with Crippen molar-refractivity contribution in [3.8, 4) is 17.2 Å². The Morgan fingerprint density at radius 2 is 2.16 bits per heavy atom. The zero-order chi connectivity index (χ0) is 21.9. The number of thiazole rings is 1. The first-order valence-corrected chi connectivity index (χ1v) is 11.1. The van der Waals surface area contributed by atoms with Gasteiger partial charge in [-0.3, -0.25) is 9.69 Å². The van der Waals surface area contributed by atoms with Crippen LogP contribution in [0.15, 0.2) is 61.2 Å². The molecule has 1 unspecified atom stereocenters. The molecule has 0 fully saturated rings. The Labute approximate surface area is 189 Å². The highest BCUT2D eigenvalue weighted by molar-refractivity contribution is 7.22. The van der Waals surface area contributed by atoms with Gasteiger partial charge < -0.3 is 18.8 Å². The van der Waals surface area contributed by atoms with Gasteiger partial charge in [-0.2, -0.15) is 0 Å². The van der Waals surface area contributed by atoms with Gasteiger partial charge in [0, 0.05) is 25.5 Å². The van der Waals surface area contributed by atoms with E-state index in [1.165, 1.54) is 11.3 Å². The van der Waals surface area contributed by atoms with Crippen molar-refractivity contribution in [2.24, 2.45) is 0 Å². The van der Waals surface area contributed by atoms with E-state index in [1.807, 2.05) is 53.2 Å². The van der Waals surface area contributed by atoms with Crippen LogP contribution in [0.3, 0.4) is 0 Å². The standard InChI is InChI=1S/C23H22N4O4S/c1-29-16-7-8-17-21(13-16)32-23(25-17)27(11-4-10-26-12-9-24-15-26)22(28)20-14-30-18-5-2-3-6-19(18)31-20/h2-3,5-9,12-13,15,20H,4,10-11,14H2,1H3. The third-order valence-corrected chi connectivity index (χ3v) is 6.26. The number of carbonyl (C=O) groups excluding carboxylic acids is 1.